The minimum Gasteiger partial charge on any atom is 0 e. The Kier molecular flexibility index (Phi) is 146. The quantitative estimate of drug-likeness (QED) is 0.199. The molecule has 12 nitrogen and oxygen atoms in total. The average molecular weight is 747 g/mol. The van der Waals surface area contributed by atoms with Crippen LogP contribution >= 0.6 is 0 Å². The first kappa shape index (κ1) is 75.4. The summed E-state index contributed by atoms with van der Waals surface area (Å²) in [6.45, 7) is 55.0. The minimum atomic E-state index is 0. The molecule has 0 aliphatic rings. The van der Waals surface area contributed by atoms with Crippen molar-refractivity contribution in [2.75, 3.05) is 13.2 Å². The van der Waals surface area contributed by atoms with Gasteiger partial charge in [0, 0.05) is 70.2 Å². The van der Waals surface area contributed by atoms with Crippen LogP contribution in [0.25, 0.3) is 0 Å². The Bertz CT molecular complexity index is 1310. The Hall–Kier alpha value is -4.94. The molecule has 0 atom stereocenters. The molecule has 0 bridgehead atoms. The first-order valence-corrected chi connectivity index (χ1v) is 10.8. The second kappa shape index (κ2) is 96.7. The van der Waals surface area contributed by atoms with Gasteiger partial charge in [-0.25, -0.2) is 0 Å². The van der Waals surface area contributed by atoms with Gasteiger partial charge in [-0.1, -0.05) is 47.7 Å². The first-order chi connectivity index (χ1) is 23.8. The molecule has 0 saturated carbocycles. The zero-order valence-corrected chi connectivity index (χ0v) is 28.3. The van der Waals surface area contributed by atoms with Crippen LogP contribution in [0.3, 0.4) is 0 Å². The summed E-state index contributed by atoms with van der Waals surface area (Å²) in [6.07, 6.45) is 0. The van der Waals surface area contributed by atoms with E-state index in [-0.39, 0.29) is 34.7 Å². The molecule has 0 saturated heterocycles. The van der Waals surface area contributed by atoms with Crippen LogP contribution in [-0.4, -0.2) is 13.2 Å². The molecule has 0 aliphatic carbocycles. The largest absolute Gasteiger partial charge is 0 e. The fourth-order valence-corrected chi connectivity index (χ4v) is 1.97. The van der Waals surface area contributed by atoms with E-state index in [1.54, 1.807) is 0 Å². The SMILES string of the molecule is CCO[C]C#Cc1cccc(C#CC#Cc2cccc(C#C[C]OCC)c2)c1.[C-]#[O+].[C-]#[O+].[C-]#[O+].[C-]#[O+].[C-]#[O+].[C-]#[O+].[C-]#[O+].[C-]#[O+].[C-]#[O+].[C-]#[O+].[Cr].[Cr]. The van der Waals surface area contributed by atoms with Crippen LogP contribution in [0.1, 0.15) is 36.1 Å². The van der Waals surface area contributed by atoms with Crippen LogP contribution in [-0.2, 0) is 90.7 Å². The van der Waals surface area contributed by atoms with E-state index in [0.717, 1.165) is 22.3 Å². The maximum atomic E-state index is 7.50. The van der Waals surface area contributed by atoms with Crippen molar-refractivity contribution in [3.05, 3.63) is 151 Å². The molecule has 50 heavy (non-hydrogen) atoms. The fourth-order valence-electron chi connectivity index (χ4n) is 1.97. The van der Waals surface area contributed by atoms with Crippen molar-refractivity contribution in [1.82, 2.24) is 0 Å². The van der Waals surface area contributed by atoms with Gasteiger partial charge in [0.05, 0.1) is 0 Å². The van der Waals surface area contributed by atoms with Gasteiger partial charge < -0.3 is 9.47 Å². The number of hydrogen-bond donors (Lipinski definition) is 0. The second-order valence-electron chi connectivity index (χ2n) is 5.23. The van der Waals surface area contributed by atoms with Crippen molar-refractivity contribution in [2.24, 2.45) is 0 Å². The monoisotopic (exact) mass is 746 g/mol. The molecule has 0 amide bonds. The molecule has 0 aromatic heterocycles. The molecule has 0 heterocycles. The van der Waals surface area contributed by atoms with Crippen LogP contribution in [0.5, 0.6) is 0 Å². The van der Waals surface area contributed by atoms with E-state index < -0.39 is 0 Å². The average Bonchev–Trinajstić information content (AvgIpc) is 3.22. The van der Waals surface area contributed by atoms with E-state index in [4.69, 9.17) is 56.0 Å². The molecule has 2 rings (SSSR count). The molecular formula is C36H18Cr2O12. The summed E-state index contributed by atoms with van der Waals surface area (Å²) >= 11 is 0. The van der Waals surface area contributed by atoms with E-state index >= 15 is 0 Å². The summed E-state index contributed by atoms with van der Waals surface area (Å²) < 4.78 is 84.9. The summed E-state index contributed by atoms with van der Waals surface area (Å²) in [5.74, 6) is 23.1. The number of rotatable bonds is 4. The van der Waals surface area contributed by atoms with Gasteiger partial charge in [-0.05, 0) is 62.1 Å². The van der Waals surface area contributed by atoms with Gasteiger partial charge in [0.15, 0.2) is 0 Å². The van der Waals surface area contributed by atoms with Crippen LogP contribution in [0, 0.1) is 127 Å². The van der Waals surface area contributed by atoms with E-state index in [0.29, 0.717) is 13.2 Å². The maximum Gasteiger partial charge on any atom is 0 e. The van der Waals surface area contributed by atoms with Gasteiger partial charge in [0.25, 0.3) is 0 Å². The summed E-state index contributed by atoms with van der Waals surface area (Å²) in [5, 5.41) is 0. The van der Waals surface area contributed by atoms with Crippen molar-refractivity contribution in [3.8, 4) is 47.4 Å². The number of benzene rings is 2. The Morgan fingerprint density at radius 1 is 0.400 bits per heavy atom. The molecule has 0 unspecified atom stereocenters. The minimum absolute atomic E-state index is 0. The summed E-state index contributed by atoms with van der Waals surface area (Å²) in [7, 11) is 0. The van der Waals surface area contributed by atoms with E-state index in [1.807, 2.05) is 62.4 Å². The smallest absolute Gasteiger partial charge is 0 e. The van der Waals surface area contributed by atoms with Gasteiger partial charge >= 0.3 is 113 Å². The van der Waals surface area contributed by atoms with Gasteiger partial charge in [-0.3, -0.25) is 0 Å². The maximum absolute atomic E-state index is 7.50. The Balaban J connectivity index is -0.0000000661. The third kappa shape index (κ3) is 65.7. The predicted molar refractivity (Wildman–Crippen MR) is 149 cm³/mol. The van der Waals surface area contributed by atoms with Crippen LogP contribution in [0.2, 0.25) is 0 Å². The van der Waals surface area contributed by atoms with Gasteiger partial charge in [-0.15, -0.1) is 0 Å². The molecule has 0 fully saturated rings. The van der Waals surface area contributed by atoms with E-state index in [9.17, 15) is 0 Å². The molecule has 0 spiro atoms. The van der Waals surface area contributed by atoms with Crippen LogP contribution in [0.15, 0.2) is 48.5 Å². The van der Waals surface area contributed by atoms with Crippen molar-refractivity contribution >= 4 is 0 Å². The van der Waals surface area contributed by atoms with Gasteiger partial charge in [0.1, 0.15) is 0 Å². The molecular weight excluding hydrogens is 728 g/mol. The van der Waals surface area contributed by atoms with E-state index in [1.165, 1.54) is 0 Å². The van der Waals surface area contributed by atoms with Crippen molar-refractivity contribution < 1.29 is 90.7 Å². The molecule has 14 heteroatoms. The Morgan fingerprint density at radius 2 is 0.600 bits per heavy atom. The second-order valence-corrected chi connectivity index (χ2v) is 5.23. The summed E-state index contributed by atoms with van der Waals surface area (Å²) in [4.78, 5) is 0. The first-order valence-electron chi connectivity index (χ1n) is 10.8. The summed E-state index contributed by atoms with van der Waals surface area (Å²) in [5.41, 5.74) is 3.39. The van der Waals surface area contributed by atoms with Crippen LogP contribution in [0.4, 0.5) is 0 Å². The van der Waals surface area contributed by atoms with Gasteiger partial charge in [0.2, 0.25) is 13.2 Å². The number of ether oxygens (including phenoxy) is 2. The molecule has 0 N–H and O–H groups in total. The molecule has 4 radical (unpaired) electrons. The van der Waals surface area contributed by atoms with Crippen molar-refractivity contribution in [3.63, 3.8) is 0 Å². The van der Waals surface area contributed by atoms with Crippen LogP contribution < -0.4 is 0 Å². The van der Waals surface area contributed by atoms with E-state index in [2.05, 4.69) is 127 Å². The van der Waals surface area contributed by atoms with Crippen molar-refractivity contribution in [2.45, 2.75) is 13.8 Å². The topological polar surface area (TPSA) is 217 Å². The third-order valence-corrected chi connectivity index (χ3v) is 3.15. The Labute approximate surface area is 314 Å². The normalized spacial score (nSPS) is 5.32. The standard InChI is InChI=1S/C26H18O2.10CO.2Cr/c1-3-27-19-9-17-25-15-7-13-23(21-25)11-5-6-12-24-14-8-16-26(22-24)18-10-20-28-4-2;10*1-2;;/h7-8,13-16,21-22H,3-4H2,1-2H3;;;;;;;;;;;;. The Morgan fingerprint density at radius 3 is 0.800 bits per heavy atom. The molecule has 2 aromatic carbocycles. The zero-order chi connectivity index (χ0) is 39.9. The number of hydrogen-bond acceptors (Lipinski definition) is 2. The fraction of sp³-hybridized carbons (Fsp3) is 0.111. The zero-order valence-electron chi connectivity index (χ0n) is 25.7. The molecule has 2 aromatic rings. The molecule has 0 aliphatic heterocycles. The van der Waals surface area contributed by atoms with Crippen molar-refractivity contribution in [1.29, 1.82) is 0 Å². The third-order valence-electron chi connectivity index (χ3n) is 3.15. The summed E-state index contributed by atoms with van der Waals surface area (Å²) in [6, 6.07) is 15.2. The molecule has 246 valence electrons. The predicted octanol–water partition coefficient (Wildman–Crippen LogP) is 3.56. The van der Waals surface area contributed by atoms with Gasteiger partial charge in [-0.2, -0.15) is 0 Å².